The van der Waals surface area contributed by atoms with Gasteiger partial charge in [-0.3, -0.25) is 0 Å². The lowest BCUT2D eigenvalue weighted by Gasteiger charge is -2.16. The van der Waals surface area contributed by atoms with E-state index in [-0.39, 0.29) is 36.5 Å². The minimum Gasteiger partial charge on any atom is -0.502 e. The number of esters is 3. The third-order valence-corrected chi connectivity index (χ3v) is 5.98. The lowest BCUT2D eigenvalue weighted by atomic mass is 9.94. The first-order chi connectivity index (χ1) is 21.0. The van der Waals surface area contributed by atoms with Crippen molar-refractivity contribution in [2.24, 2.45) is 0 Å². The average molecular weight is 603 g/mol. The smallest absolute Gasteiger partial charge is 0.339 e. The number of ether oxygens (including phenoxy) is 7. The Kier molecular flexibility index (Phi) is 20.9. The van der Waals surface area contributed by atoms with E-state index in [0.29, 0.717) is 89.8 Å². The number of rotatable bonds is 27. The van der Waals surface area contributed by atoms with Gasteiger partial charge in [0, 0.05) is 0 Å². The Hall–Kier alpha value is -4.21. The molecule has 0 bridgehead atoms. The molecule has 0 radical (unpaired) electrons. The van der Waals surface area contributed by atoms with Gasteiger partial charge in [-0.25, -0.2) is 14.4 Å². The molecular weight excluding hydrogens is 556 g/mol. The largest absolute Gasteiger partial charge is 0.502 e. The zero-order valence-electron chi connectivity index (χ0n) is 25.2. The highest BCUT2D eigenvalue weighted by atomic mass is 16.5. The van der Waals surface area contributed by atoms with Gasteiger partial charge < -0.3 is 33.2 Å². The summed E-state index contributed by atoms with van der Waals surface area (Å²) in [6.07, 6.45) is 10.8. The summed E-state index contributed by atoms with van der Waals surface area (Å²) >= 11 is 0. The number of carbonyl (C=O) groups excluding carboxylic acids is 3. The van der Waals surface area contributed by atoms with Gasteiger partial charge >= 0.3 is 17.9 Å². The second-order valence-electron chi connectivity index (χ2n) is 9.19. The van der Waals surface area contributed by atoms with Crippen molar-refractivity contribution in [2.75, 3.05) is 46.2 Å². The van der Waals surface area contributed by atoms with E-state index in [1.54, 1.807) is 6.07 Å². The van der Waals surface area contributed by atoms with Crippen LogP contribution in [0.3, 0.4) is 0 Å². The summed E-state index contributed by atoms with van der Waals surface area (Å²) in [5, 5.41) is 0. The van der Waals surface area contributed by atoms with Crippen LogP contribution in [0.2, 0.25) is 0 Å². The van der Waals surface area contributed by atoms with Crippen molar-refractivity contribution >= 4 is 17.9 Å². The number of hydrogen-bond acceptors (Lipinski definition) is 10. The Labute approximate surface area is 255 Å². The van der Waals surface area contributed by atoms with Crippen LogP contribution >= 0.6 is 0 Å². The summed E-state index contributed by atoms with van der Waals surface area (Å²) < 4.78 is 37.0. The van der Waals surface area contributed by atoms with E-state index in [9.17, 15) is 14.4 Å². The molecule has 0 aromatic heterocycles. The van der Waals surface area contributed by atoms with Crippen LogP contribution in [0.1, 0.15) is 88.0 Å². The van der Waals surface area contributed by atoms with E-state index in [0.717, 1.165) is 0 Å². The summed E-state index contributed by atoms with van der Waals surface area (Å²) in [7, 11) is 0. The van der Waals surface area contributed by atoms with Crippen molar-refractivity contribution in [3.8, 4) is 0 Å². The van der Waals surface area contributed by atoms with Crippen molar-refractivity contribution in [1.29, 1.82) is 0 Å². The Morgan fingerprint density at radius 1 is 0.512 bits per heavy atom. The van der Waals surface area contributed by atoms with Crippen molar-refractivity contribution < 1.29 is 47.5 Å². The molecule has 0 amide bonds. The monoisotopic (exact) mass is 602 g/mol. The molecule has 0 saturated carbocycles. The quantitative estimate of drug-likeness (QED) is 0.0481. The molecule has 0 fully saturated rings. The second-order valence-corrected chi connectivity index (χ2v) is 9.19. The van der Waals surface area contributed by atoms with Gasteiger partial charge in [0.15, 0.2) is 0 Å². The number of benzene rings is 1. The van der Waals surface area contributed by atoms with Gasteiger partial charge in [-0.1, -0.05) is 26.3 Å². The van der Waals surface area contributed by atoms with E-state index in [4.69, 9.17) is 33.2 Å². The van der Waals surface area contributed by atoms with Gasteiger partial charge in [-0.05, 0) is 75.5 Å². The van der Waals surface area contributed by atoms with Gasteiger partial charge in [0.25, 0.3) is 0 Å². The van der Waals surface area contributed by atoms with E-state index < -0.39 is 17.9 Å². The minimum atomic E-state index is -0.733. The first-order valence-electron chi connectivity index (χ1n) is 14.6. The fourth-order valence-corrected chi connectivity index (χ4v) is 3.84. The molecule has 1 aromatic carbocycles. The van der Waals surface area contributed by atoms with Crippen molar-refractivity contribution in [3.05, 3.63) is 85.8 Å². The third kappa shape index (κ3) is 16.1. The molecular formula is C33H46O10. The van der Waals surface area contributed by atoms with Crippen molar-refractivity contribution in [3.63, 3.8) is 0 Å². The predicted octanol–water partition coefficient (Wildman–Crippen LogP) is 6.46. The molecule has 238 valence electrons. The number of unbranched alkanes of at least 4 members (excludes halogenated alkanes) is 4. The molecule has 0 unspecified atom stereocenters. The molecule has 1 aromatic rings. The highest BCUT2D eigenvalue weighted by Gasteiger charge is 2.26. The molecule has 10 heteroatoms. The Balaban J connectivity index is 3.22. The molecule has 0 aliphatic carbocycles. The summed E-state index contributed by atoms with van der Waals surface area (Å²) in [5.74, 6) is -2.02. The normalized spacial score (nSPS) is 10.1. The van der Waals surface area contributed by atoms with Gasteiger partial charge in [-0.15, -0.1) is 0 Å². The maximum absolute atomic E-state index is 13.4. The predicted molar refractivity (Wildman–Crippen MR) is 163 cm³/mol. The van der Waals surface area contributed by atoms with E-state index in [2.05, 4.69) is 26.3 Å². The summed E-state index contributed by atoms with van der Waals surface area (Å²) in [6, 6.07) is 2.92. The van der Waals surface area contributed by atoms with Gasteiger partial charge in [-0.2, -0.15) is 0 Å². The SMILES string of the molecule is C=COCCCCOC(=O)c1cc(CCCCOC=C)c(C(=O)OCCCCOC=C)c(C(=O)OCCCCOC=C)c1. The first kappa shape index (κ1) is 36.8. The standard InChI is InChI=1S/C33H46O10/c1-5-37-18-10-9-17-27-25-28(31(34)41-22-14-11-19-38-6-2)26-29(32(35)42-23-15-12-20-39-7-3)30(27)33(36)43-24-16-13-21-40-8-4/h5-8,25-26H,1-4,9-24H2. The lowest BCUT2D eigenvalue weighted by Crippen LogP contribution is -2.20. The zero-order valence-corrected chi connectivity index (χ0v) is 25.2. The number of hydrogen-bond donors (Lipinski definition) is 0. The Morgan fingerprint density at radius 2 is 0.907 bits per heavy atom. The molecule has 0 spiro atoms. The van der Waals surface area contributed by atoms with Crippen LogP contribution in [0.5, 0.6) is 0 Å². The molecule has 10 nitrogen and oxygen atoms in total. The summed E-state index contributed by atoms with van der Waals surface area (Å²) in [4.78, 5) is 39.7. The van der Waals surface area contributed by atoms with Crippen LogP contribution in [-0.4, -0.2) is 64.2 Å². The maximum atomic E-state index is 13.4. The molecule has 1 rings (SSSR count). The number of carbonyl (C=O) groups is 3. The minimum absolute atomic E-state index is 0.0477. The van der Waals surface area contributed by atoms with Crippen LogP contribution in [0.4, 0.5) is 0 Å². The summed E-state index contributed by atoms with van der Waals surface area (Å²) in [6.45, 7) is 16.2. The van der Waals surface area contributed by atoms with E-state index in [1.165, 1.54) is 31.1 Å². The fourth-order valence-electron chi connectivity index (χ4n) is 3.84. The van der Waals surface area contributed by atoms with Gasteiger partial charge in [0.2, 0.25) is 0 Å². The van der Waals surface area contributed by atoms with E-state index in [1.807, 2.05) is 0 Å². The Bertz CT molecular complexity index is 1020. The molecule has 0 saturated heterocycles. The highest BCUT2D eigenvalue weighted by molar-refractivity contribution is 6.06. The molecule has 0 aliphatic rings. The molecule has 0 atom stereocenters. The van der Waals surface area contributed by atoms with Crippen LogP contribution in [-0.2, 0) is 39.6 Å². The van der Waals surface area contributed by atoms with Crippen LogP contribution < -0.4 is 0 Å². The summed E-state index contributed by atoms with van der Waals surface area (Å²) in [5.41, 5.74) is 0.654. The Morgan fingerprint density at radius 3 is 1.37 bits per heavy atom. The molecule has 0 aliphatic heterocycles. The maximum Gasteiger partial charge on any atom is 0.339 e. The van der Waals surface area contributed by atoms with Crippen molar-refractivity contribution in [1.82, 2.24) is 0 Å². The van der Waals surface area contributed by atoms with Gasteiger partial charge in [0.1, 0.15) is 0 Å². The van der Waals surface area contributed by atoms with E-state index >= 15 is 0 Å². The highest BCUT2D eigenvalue weighted by Crippen LogP contribution is 2.24. The van der Waals surface area contributed by atoms with Crippen LogP contribution in [0.15, 0.2) is 63.5 Å². The van der Waals surface area contributed by atoms with Crippen LogP contribution in [0.25, 0.3) is 0 Å². The third-order valence-electron chi connectivity index (χ3n) is 5.98. The lowest BCUT2D eigenvalue weighted by molar-refractivity contribution is 0.0441. The van der Waals surface area contributed by atoms with Crippen LogP contribution in [0, 0.1) is 0 Å². The zero-order chi connectivity index (χ0) is 31.5. The number of aryl methyl sites for hydroxylation is 1. The van der Waals surface area contributed by atoms with Gasteiger partial charge in [0.05, 0.1) is 88.0 Å². The first-order valence-corrected chi connectivity index (χ1v) is 14.6. The van der Waals surface area contributed by atoms with Crippen molar-refractivity contribution in [2.45, 2.75) is 57.8 Å². The topological polar surface area (TPSA) is 116 Å². The fraction of sp³-hybridized carbons (Fsp3) is 0.485. The molecule has 0 heterocycles. The second kappa shape index (κ2) is 24.4. The molecule has 43 heavy (non-hydrogen) atoms. The molecule has 0 N–H and O–H groups in total. The average Bonchev–Trinajstić information content (AvgIpc) is 3.01.